The second kappa shape index (κ2) is 4.96. The van der Waals surface area contributed by atoms with Crippen LogP contribution in [0.3, 0.4) is 0 Å². The van der Waals surface area contributed by atoms with Crippen molar-refractivity contribution in [3.63, 3.8) is 0 Å². The van der Waals surface area contributed by atoms with Gasteiger partial charge in [-0.05, 0) is 25.0 Å². The summed E-state index contributed by atoms with van der Waals surface area (Å²) in [5, 5.41) is 3.41. The zero-order chi connectivity index (χ0) is 14.1. The molecule has 0 aliphatic carbocycles. The Labute approximate surface area is 118 Å². The predicted molar refractivity (Wildman–Crippen MR) is 82.3 cm³/mol. The maximum absolute atomic E-state index is 4.43. The molecule has 0 fully saturated rings. The second-order valence-corrected chi connectivity index (χ2v) is 5.05. The van der Waals surface area contributed by atoms with Crippen LogP contribution in [-0.2, 0) is 13.5 Å². The number of hydrogen-bond acceptors (Lipinski definition) is 3. The standard InChI is InChI=1S/C16H18N4/c1-4-12-7-11(2)5-6-13(12)19-16-8-15-14(9-17-16)18-10-20(15)3/h5-10H,4H2,1-3H3,(H,17,19). The van der Waals surface area contributed by atoms with Crippen molar-refractivity contribution >= 4 is 22.5 Å². The molecule has 0 aliphatic heterocycles. The molecule has 3 rings (SSSR count). The number of aromatic nitrogens is 3. The summed E-state index contributed by atoms with van der Waals surface area (Å²) < 4.78 is 2.00. The molecule has 2 aromatic heterocycles. The van der Waals surface area contributed by atoms with E-state index in [-0.39, 0.29) is 0 Å². The Morgan fingerprint density at radius 3 is 2.85 bits per heavy atom. The number of rotatable bonds is 3. The summed E-state index contributed by atoms with van der Waals surface area (Å²) in [5.74, 6) is 0.847. The third kappa shape index (κ3) is 2.25. The van der Waals surface area contributed by atoms with Gasteiger partial charge in [-0.25, -0.2) is 9.97 Å². The van der Waals surface area contributed by atoms with E-state index in [1.54, 1.807) is 12.5 Å². The summed E-state index contributed by atoms with van der Waals surface area (Å²) in [4.78, 5) is 8.71. The Morgan fingerprint density at radius 1 is 1.20 bits per heavy atom. The first-order valence-corrected chi connectivity index (χ1v) is 6.81. The number of hydrogen-bond donors (Lipinski definition) is 1. The van der Waals surface area contributed by atoms with Gasteiger partial charge in [0.1, 0.15) is 11.3 Å². The van der Waals surface area contributed by atoms with Crippen LogP contribution < -0.4 is 5.32 Å². The van der Waals surface area contributed by atoms with E-state index in [9.17, 15) is 0 Å². The first-order valence-electron chi connectivity index (χ1n) is 6.81. The highest BCUT2D eigenvalue weighted by Gasteiger charge is 2.05. The third-order valence-corrected chi connectivity index (χ3v) is 3.52. The minimum atomic E-state index is 0.847. The number of fused-ring (bicyclic) bond motifs is 1. The minimum Gasteiger partial charge on any atom is -0.340 e. The van der Waals surface area contributed by atoms with Crippen molar-refractivity contribution in [3.8, 4) is 0 Å². The maximum atomic E-state index is 4.43. The highest BCUT2D eigenvalue weighted by atomic mass is 15.0. The molecule has 0 spiro atoms. The van der Waals surface area contributed by atoms with Crippen LogP contribution >= 0.6 is 0 Å². The molecule has 0 aliphatic rings. The lowest BCUT2D eigenvalue weighted by Crippen LogP contribution is -1.98. The largest absolute Gasteiger partial charge is 0.340 e. The lowest BCUT2D eigenvalue weighted by atomic mass is 10.1. The van der Waals surface area contributed by atoms with Crippen LogP contribution in [0.5, 0.6) is 0 Å². The van der Waals surface area contributed by atoms with Gasteiger partial charge in [0.05, 0.1) is 18.0 Å². The van der Waals surface area contributed by atoms with Gasteiger partial charge in [-0.15, -0.1) is 0 Å². The van der Waals surface area contributed by atoms with Gasteiger partial charge in [-0.3, -0.25) is 0 Å². The van der Waals surface area contributed by atoms with Gasteiger partial charge in [-0.2, -0.15) is 0 Å². The molecule has 20 heavy (non-hydrogen) atoms. The molecule has 1 aromatic carbocycles. The van der Waals surface area contributed by atoms with Crippen molar-refractivity contribution in [2.75, 3.05) is 5.32 Å². The number of nitrogens with one attached hydrogen (secondary N) is 1. The number of aryl methyl sites for hydroxylation is 3. The first kappa shape index (κ1) is 12.7. The molecule has 4 nitrogen and oxygen atoms in total. The highest BCUT2D eigenvalue weighted by Crippen LogP contribution is 2.23. The summed E-state index contributed by atoms with van der Waals surface area (Å²) in [7, 11) is 1.99. The summed E-state index contributed by atoms with van der Waals surface area (Å²) in [6, 6.07) is 8.47. The molecular formula is C16H18N4. The molecule has 0 saturated heterocycles. The molecular weight excluding hydrogens is 248 g/mol. The Morgan fingerprint density at radius 2 is 2.05 bits per heavy atom. The normalized spacial score (nSPS) is 10.9. The van der Waals surface area contributed by atoms with Crippen molar-refractivity contribution in [2.45, 2.75) is 20.3 Å². The molecule has 3 aromatic rings. The molecule has 0 bridgehead atoms. The third-order valence-electron chi connectivity index (χ3n) is 3.52. The lowest BCUT2D eigenvalue weighted by molar-refractivity contribution is 0.947. The topological polar surface area (TPSA) is 42.7 Å². The van der Waals surface area contributed by atoms with Crippen molar-refractivity contribution in [2.24, 2.45) is 7.05 Å². The van der Waals surface area contributed by atoms with E-state index >= 15 is 0 Å². The highest BCUT2D eigenvalue weighted by molar-refractivity contribution is 5.78. The van der Waals surface area contributed by atoms with Crippen LogP contribution in [0.4, 0.5) is 11.5 Å². The quantitative estimate of drug-likeness (QED) is 0.788. The average Bonchev–Trinajstić information content (AvgIpc) is 2.82. The van der Waals surface area contributed by atoms with Crippen LogP contribution in [0, 0.1) is 6.92 Å². The fourth-order valence-electron chi connectivity index (χ4n) is 2.37. The molecule has 102 valence electrons. The molecule has 2 heterocycles. The Hall–Kier alpha value is -2.36. The van der Waals surface area contributed by atoms with Gasteiger partial charge in [-0.1, -0.05) is 24.6 Å². The van der Waals surface area contributed by atoms with Crippen molar-refractivity contribution in [1.29, 1.82) is 0 Å². The van der Waals surface area contributed by atoms with Crippen LogP contribution in [0.1, 0.15) is 18.1 Å². The van der Waals surface area contributed by atoms with Crippen LogP contribution in [0.15, 0.2) is 36.8 Å². The van der Waals surface area contributed by atoms with E-state index in [1.165, 1.54) is 11.1 Å². The van der Waals surface area contributed by atoms with E-state index in [2.05, 4.69) is 47.3 Å². The average molecular weight is 266 g/mol. The molecule has 0 atom stereocenters. The number of nitrogens with zero attached hydrogens (tertiary/aromatic N) is 3. The fraction of sp³-hybridized carbons (Fsp3) is 0.250. The smallest absolute Gasteiger partial charge is 0.132 e. The van der Waals surface area contributed by atoms with Crippen molar-refractivity contribution < 1.29 is 0 Å². The summed E-state index contributed by atoms with van der Waals surface area (Å²) in [5.41, 5.74) is 5.69. The monoisotopic (exact) mass is 266 g/mol. The van der Waals surface area contributed by atoms with Crippen LogP contribution in [0.25, 0.3) is 11.0 Å². The number of benzene rings is 1. The Balaban J connectivity index is 1.98. The zero-order valence-corrected chi connectivity index (χ0v) is 12.0. The van der Waals surface area contributed by atoms with Gasteiger partial charge in [0.2, 0.25) is 0 Å². The molecule has 4 heteroatoms. The molecule has 0 amide bonds. The summed E-state index contributed by atoms with van der Waals surface area (Å²) in [6.45, 7) is 4.28. The number of anilines is 2. The Bertz CT molecular complexity index is 758. The van der Waals surface area contributed by atoms with Gasteiger partial charge in [0.25, 0.3) is 0 Å². The fourth-order valence-corrected chi connectivity index (χ4v) is 2.37. The first-order chi connectivity index (χ1) is 9.67. The molecule has 0 unspecified atom stereocenters. The number of pyridine rings is 1. The predicted octanol–water partition coefficient (Wildman–Crippen LogP) is 3.58. The summed E-state index contributed by atoms with van der Waals surface area (Å²) in [6.07, 6.45) is 4.61. The van der Waals surface area contributed by atoms with Gasteiger partial charge in [0.15, 0.2) is 0 Å². The minimum absolute atomic E-state index is 0.847. The van der Waals surface area contributed by atoms with Crippen molar-refractivity contribution in [3.05, 3.63) is 47.9 Å². The molecule has 0 saturated carbocycles. The van der Waals surface area contributed by atoms with Gasteiger partial charge < -0.3 is 9.88 Å². The zero-order valence-electron chi connectivity index (χ0n) is 12.0. The lowest BCUT2D eigenvalue weighted by Gasteiger charge is -2.11. The molecule has 1 N–H and O–H groups in total. The maximum Gasteiger partial charge on any atom is 0.132 e. The van der Waals surface area contributed by atoms with Crippen LogP contribution in [-0.4, -0.2) is 14.5 Å². The second-order valence-electron chi connectivity index (χ2n) is 5.05. The van der Waals surface area contributed by atoms with E-state index < -0.39 is 0 Å². The summed E-state index contributed by atoms with van der Waals surface area (Å²) >= 11 is 0. The van der Waals surface area contributed by atoms with E-state index in [4.69, 9.17) is 0 Å². The van der Waals surface area contributed by atoms with Crippen LogP contribution in [0.2, 0.25) is 0 Å². The van der Waals surface area contributed by atoms with Crippen molar-refractivity contribution in [1.82, 2.24) is 14.5 Å². The Kier molecular flexibility index (Phi) is 3.14. The molecule has 0 radical (unpaired) electrons. The van der Waals surface area contributed by atoms with E-state index in [0.717, 1.165) is 29.0 Å². The number of imidazole rings is 1. The van der Waals surface area contributed by atoms with Gasteiger partial charge in [0, 0.05) is 18.8 Å². The van der Waals surface area contributed by atoms with Gasteiger partial charge >= 0.3 is 0 Å². The van der Waals surface area contributed by atoms with E-state index in [0.29, 0.717) is 0 Å². The van der Waals surface area contributed by atoms with E-state index in [1.807, 2.05) is 17.7 Å². The SMILES string of the molecule is CCc1cc(C)ccc1Nc1cc2c(cn1)ncn2C.